The van der Waals surface area contributed by atoms with Crippen molar-refractivity contribution in [2.75, 3.05) is 51.5 Å². The van der Waals surface area contributed by atoms with Crippen molar-refractivity contribution in [3.8, 4) is 0 Å². The van der Waals surface area contributed by atoms with Gasteiger partial charge in [0.15, 0.2) is 5.82 Å². The highest BCUT2D eigenvalue weighted by Crippen LogP contribution is 2.34. The van der Waals surface area contributed by atoms with Crippen LogP contribution >= 0.6 is 0 Å². The highest BCUT2D eigenvalue weighted by atomic mass is 16.5. The van der Waals surface area contributed by atoms with Crippen LogP contribution in [0.1, 0.15) is 68.1 Å². The third-order valence-corrected chi connectivity index (χ3v) is 6.82. The Hall–Kier alpha value is -1.73. The van der Waals surface area contributed by atoms with Crippen LogP contribution in [0.25, 0.3) is 0 Å². The maximum Gasteiger partial charge on any atom is 0.225 e. The molecule has 0 radical (unpaired) electrons. The zero-order chi connectivity index (χ0) is 20.9. The number of ether oxygens (including phenoxy) is 2. The van der Waals surface area contributed by atoms with Crippen LogP contribution < -0.4 is 4.90 Å². The van der Waals surface area contributed by atoms with E-state index in [-0.39, 0.29) is 11.9 Å². The van der Waals surface area contributed by atoms with Crippen molar-refractivity contribution in [3.63, 3.8) is 0 Å². The first-order chi connectivity index (χ1) is 14.7. The molecule has 0 aliphatic carbocycles. The van der Waals surface area contributed by atoms with E-state index < -0.39 is 0 Å². The lowest BCUT2D eigenvalue weighted by Crippen LogP contribution is -2.41. The van der Waals surface area contributed by atoms with Gasteiger partial charge in [-0.15, -0.1) is 0 Å². The van der Waals surface area contributed by atoms with Crippen LogP contribution in [0.4, 0.5) is 5.82 Å². The van der Waals surface area contributed by atoms with Crippen LogP contribution in [0.5, 0.6) is 0 Å². The van der Waals surface area contributed by atoms with Gasteiger partial charge < -0.3 is 19.3 Å². The van der Waals surface area contributed by atoms with E-state index in [0.717, 1.165) is 95.1 Å². The van der Waals surface area contributed by atoms with Crippen LogP contribution in [0.15, 0.2) is 0 Å². The average Bonchev–Trinajstić information content (AvgIpc) is 2.78. The number of rotatable bonds is 6. The van der Waals surface area contributed by atoms with Gasteiger partial charge in [-0.3, -0.25) is 4.79 Å². The molecule has 7 nitrogen and oxygen atoms in total. The third-order valence-electron chi connectivity index (χ3n) is 6.82. The van der Waals surface area contributed by atoms with Crippen molar-refractivity contribution >= 4 is 11.7 Å². The molecule has 30 heavy (non-hydrogen) atoms. The lowest BCUT2D eigenvalue weighted by Gasteiger charge is -2.38. The summed E-state index contributed by atoms with van der Waals surface area (Å²) in [5, 5.41) is 0. The van der Waals surface area contributed by atoms with Crippen molar-refractivity contribution < 1.29 is 14.3 Å². The number of methoxy groups -OCH3 is 1. The quantitative estimate of drug-likeness (QED) is 0.710. The minimum Gasteiger partial charge on any atom is -0.384 e. The Labute approximate surface area is 180 Å². The average molecular weight is 417 g/mol. The Kier molecular flexibility index (Phi) is 7.20. The number of aryl methyl sites for hydroxylation is 1. The number of anilines is 1. The number of aromatic nitrogens is 2. The predicted octanol–water partition coefficient (Wildman–Crippen LogP) is 3.05. The lowest BCUT2D eigenvalue weighted by molar-refractivity contribution is -0.136. The summed E-state index contributed by atoms with van der Waals surface area (Å²) in [4.78, 5) is 27.3. The predicted molar refractivity (Wildman–Crippen MR) is 116 cm³/mol. The first-order valence-electron chi connectivity index (χ1n) is 11.7. The molecular formula is C23H36N4O3. The molecular weight excluding hydrogens is 380 g/mol. The summed E-state index contributed by atoms with van der Waals surface area (Å²) in [6.45, 7) is 7.22. The van der Waals surface area contributed by atoms with E-state index in [9.17, 15) is 4.79 Å². The number of hydrogen-bond acceptors (Lipinski definition) is 6. The van der Waals surface area contributed by atoms with Crippen LogP contribution in [-0.2, 0) is 20.7 Å². The standard InChI is InChI=1S/C23H36N4O3/c1-17-19-6-5-11-26(16-18-8-14-30-15-9-18)23(19)25-22(24-17)20-7-3-4-12-27(20)21(28)10-13-29-2/h18,20H,3-16H2,1-2H3. The number of likely N-dealkylation sites (tertiary alicyclic amines) is 1. The molecule has 4 rings (SSSR count). The van der Waals surface area contributed by atoms with Crippen molar-refractivity contribution in [3.05, 3.63) is 17.1 Å². The van der Waals surface area contributed by atoms with E-state index in [1.165, 1.54) is 5.56 Å². The first-order valence-corrected chi connectivity index (χ1v) is 11.7. The minimum atomic E-state index is -0.0148. The van der Waals surface area contributed by atoms with E-state index in [1.54, 1.807) is 7.11 Å². The summed E-state index contributed by atoms with van der Waals surface area (Å²) in [5.41, 5.74) is 2.38. The topological polar surface area (TPSA) is 67.8 Å². The van der Waals surface area contributed by atoms with Crippen LogP contribution in [-0.4, -0.2) is 67.3 Å². The van der Waals surface area contributed by atoms with E-state index >= 15 is 0 Å². The number of fused-ring (bicyclic) bond motifs is 1. The Bertz CT molecular complexity index is 735. The third kappa shape index (κ3) is 4.78. The Morgan fingerprint density at radius 1 is 1.13 bits per heavy atom. The molecule has 7 heteroatoms. The second-order valence-corrected chi connectivity index (χ2v) is 8.92. The molecule has 1 atom stereocenters. The number of carbonyl (C=O) groups is 1. The zero-order valence-electron chi connectivity index (χ0n) is 18.6. The zero-order valence-corrected chi connectivity index (χ0v) is 18.6. The first kappa shape index (κ1) is 21.5. The molecule has 0 N–H and O–H groups in total. The van der Waals surface area contributed by atoms with E-state index in [0.29, 0.717) is 18.9 Å². The Balaban J connectivity index is 1.58. The van der Waals surface area contributed by atoms with Gasteiger partial charge in [-0.05, 0) is 57.8 Å². The van der Waals surface area contributed by atoms with Crippen LogP contribution in [0.2, 0.25) is 0 Å². The molecule has 0 bridgehead atoms. The molecule has 1 amide bonds. The molecule has 0 aromatic carbocycles. The smallest absolute Gasteiger partial charge is 0.225 e. The SMILES string of the molecule is COCCC(=O)N1CCCCC1c1nc(C)c2c(n1)N(CC1CCOCC1)CCC2. The summed E-state index contributed by atoms with van der Waals surface area (Å²) >= 11 is 0. The van der Waals surface area contributed by atoms with Gasteiger partial charge in [-0.25, -0.2) is 9.97 Å². The van der Waals surface area contributed by atoms with Gasteiger partial charge in [0.05, 0.1) is 19.1 Å². The number of carbonyl (C=O) groups excluding carboxylic acids is 1. The van der Waals surface area contributed by atoms with Gasteiger partial charge >= 0.3 is 0 Å². The number of amides is 1. The molecule has 0 saturated carbocycles. The fraction of sp³-hybridized carbons (Fsp3) is 0.783. The van der Waals surface area contributed by atoms with Gasteiger partial charge in [0.2, 0.25) is 5.91 Å². The molecule has 0 spiro atoms. The monoisotopic (exact) mass is 416 g/mol. The summed E-state index contributed by atoms with van der Waals surface area (Å²) in [5.74, 6) is 2.77. The summed E-state index contributed by atoms with van der Waals surface area (Å²) in [7, 11) is 1.64. The fourth-order valence-electron chi connectivity index (χ4n) is 5.11. The molecule has 1 unspecified atom stereocenters. The Morgan fingerprint density at radius 2 is 1.97 bits per heavy atom. The second kappa shape index (κ2) is 10.1. The van der Waals surface area contributed by atoms with Crippen molar-refractivity contribution in [1.29, 1.82) is 0 Å². The van der Waals surface area contributed by atoms with Crippen molar-refractivity contribution in [2.24, 2.45) is 5.92 Å². The Morgan fingerprint density at radius 3 is 2.77 bits per heavy atom. The molecule has 3 aliphatic heterocycles. The maximum atomic E-state index is 12.8. The minimum absolute atomic E-state index is 0.0148. The molecule has 1 aromatic heterocycles. The highest BCUT2D eigenvalue weighted by molar-refractivity contribution is 5.76. The highest BCUT2D eigenvalue weighted by Gasteiger charge is 2.32. The number of nitrogens with zero attached hydrogens (tertiary/aromatic N) is 4. The van der Waals surface area contributed by atoms with Gasteiger partial charge in [0, 0.05) is 51.2 Å². The molecule has 1 aromatic rings. The van der Waals surface area contributed by atoms with Gasteiger partial charge in [0.1, 0.15) is 5.82 Å². The fourth-order valence-corrected chi connectivity index (χ4v) is 5.11. The van der Waals surface area contributed by atoms with Crippen molar-refractivity contribution in [1.82, 2.24) is 14.9 Å². The number of hydrogen-bond donors (Lipinski definition) is 0. The van der Waals surface area contributed by atoms with Gasteiger partial charge in [-0.1, -0.05) is 0 Å². The molecule has 4 heterocycles. The molecule has 3 aliphatic rings. The molecule has 166 valence electrons. The van der Waals surface area contributed by atoms with Crippen LogP contribution in [0.3, 0.4) is 0 Å². The van der Waals surface area contributed by atoms with E-state index in [4.69, 9.17) is 19.4 Å². The number of piperidine rings is 1. The lowest BCUT2D eigenvalue weighted by atomic mass is 9.96. The summed E-state index contributed by atoms with van der Waals surface area (Å²) < 4.78 is 10.7. The summed E-state index contributed by atoms with van der Waals surface area (Å²) in [6.07, 6.45) is 8.00. The normalized spacial score (nSPS) is 22.8. The van der Waals surface area contributed by atoms with E-state index in [2.05, 4.69) is 11.8 Å². The van der Waals surface area contributed by atoms with E-state index in [1.807, 2.05) is 4.90 Å². The molecule has 2 saturated heterocycles. The second-order valence-electron chi connectivity index (χ2n) is 8.92. The largest absolute Gasteiger partial charge is 0.384 e. The van der Waals surface area contributed by atoms with Gasteiger partial charge in [0.25, 0.3) is 0 Å². The maximum absolute atomic E-state index is 12.8. The van der Waals surface area contributed by atoms with Gasteiger partial charge in [-0.2, -0.15) is 0 Å². The molecule has 2 fully saturated rings. The summed E-state index contributed by atoms with van der Waals surface area (Å²) in [6, 6.07) is -0.0148. The van der Waals surface area contributed by atoms with Crippen molar-refractivity contribution in [2.45, 2.75) is 64.3 Å². The van der Waals surface area contributed by atoms with Crippen LogP contribution in [0, 0.1) is 12.8 Å².